The highest BCUT2D eigenvalue weighted by Crippen LogP contribution is 2.23. The summed E-state index contributed by atoms with van der Waals surface area (Å²) in [5.74, 6) is 0. The number of ether oxygens (including phenoxy) is 2. The van der Waals surface area contributed by atoms with Crippen molar-refractivity contribution < 1.29 is 29.2 Å². The van der Waals surface area contributed by atoms with Gasteiger partial charge in [-0.05, 0) is 26.6 Å². The second-order valence-corrected chi connectivity index (χ2v) is 9.91. The van der Waals surface area contributed by atoms with Crippen molar-refractivity contribution in [2.75, 3.05) is 13.2 Å². The van der Waals surface area contributed by atoms with Crippen LogP contribution in [0.15, 0.2) is 0 Å². The topological polar surface area (TPSA) is 88.4 Å². The van der Waals surface area contributed by atoms with Crippen molar-refractivity contribution in [1.82, 2.24) is 0 Å². The molecule has 0 aromatic heterocycles. The molecule has 0 spiro atoms. The summed E-state index contributed by atoms with van der Waals surface area (Å²) in [6.45, 7) is 8.37. The first-order chi connectivity index (χ1) is 8.26. The van der Waals surface area contributed by atoms with Gasteiger partial charge in [-0.15, -0.1) is 0 Å². The van der Waals surface area contributed by atoms with E-state index < -0.39 is 39.0 Å². The second kappa shape index (κ2) is 6.42. The van der Waals surface area contributed by atoms with Gasteiger partial charge in [0.25, 0.3) is 0 Å². The fraction of sp³-hybridized carbons (Fsp3) is 1.00. The third-order valence-electron chi connectivity index (χ3n) is 2.68. The molecule has 5 atom stereocenters. The Balaban J connectivity index is 2.61. The van der Waals surface area contributed by atoms with E-state index in [-0.39, 0.29) is 6.61 Å². The highest BCUT2D eigenvalue weighted by atomic mass is 28.4. The van der Waals surface area contributed by atoms with Gasteiger partial charge >= 0.3 is 0 Å². The lowest BCUT2D eigenvalue weighted by Gasteiger charge is -2.40. The molecule has 7 heteroatoms. The standard InChI is InChI=1S/C11H24O6Si/c1-5-15-11-10(14)9(13)8(12)7(17-11)6-16-18(2,3)4/h7-14H,5-6H2,1-4H3. The third-order valence-corrected chi connectivity index (χ3v) is 3.71. The van der Waals surface area contributed by atoms with Crippen molar-refractivity contribution in [2.24, 2.45) is 0 Å². The number of aliphatic hydroxyl groups excluding tert-OH is 3. The van der Waals surface area contributed by atoms with Gasteiger partial charge in [0.05, 0.1) is 6.61 Å². The summed E-state index contributed by atoms with van der Waals surface area (Å²) >= 11 is 0. The molecule has 6 nitrogen and oxygen atoms in total. The predicted molar refractivity (Wildman–Crippen MR) is 67.6 cm³/mol. The van der Waals surface area contributed by atoms with Gasteiger partial charge in [-0.3, -0.25) is 0 Å². The molecular weight excluding hydrogens is 256 g/mol. The van der Waals surface area contributed by atoms with E-state index in [0.29, 0.717) is 6.61 Å². The molecule has 5 unspecified atom stereocenters. The molecule has 0 amide bonds. The van der Waals surface area contributed by atoms with E-state index >= 15 is 0 Å². The van der Waals surface area contributed by atoms with Crippen LogP contribution in [0.2, 0.25) is 19.6 Å². The van der Waals surface area contributed by atoms with E-state index in [4.69, 9.17) is 13.9 Å². The Hall–Kier alpha value is -0.0231. The van der Waals surface area contributed by atoms with Crippen molar-refractivity contribution >= 4 is 8.32 Å². The van der Waals surface area contributed by atoms with E-state index in [1.54, 1.807) is 6.92 Å². The van der Waals surface area contributed by atoms with Crippen molar-refractivity contribution in [3.05, 3.63) is 0 Å². The van der Waals surface area contributed by atoms with Crippen LogP contribution in [-0.4, -0.2) is 67.6 Å². The van der Waals surface area contributed by atoms with Crippen LogP contribution >= 0.6 is 0 Å². The highest BCUT2D eigenvalue weighted by molar-refractivity contribution is 6.69. The van der Waals surface area contributed by atoms with Gasteiger partial charge in [-0.25, -0.2) is 0 Å². The van der Waals surface area contributed by atoms with E-state index in [2.05, 4.69) is 0 Å². The smallest absolute Gasteiger partial charge is 0.186 e. The lowest BCUT2D eigenvalue weighted by Crippen LogP contribution is -2.59. The Morgan fingerprint density at radius 3 is 2.17 bits per heavy atom. The van der Waals surface area contributed by atoms with Crippen molar-refractivity contribution in [2.45, 2.75) is 57.3 Å². The van der Waals surface area contributed by atoms with Crippen LogP contribution in [0.5, 0.6) is 0 Å². The molecule has 0 aromatic rings. The summed E-state index contributed by atoms with van der Waals surface area (Å²) in [4.78, 5) is 0. The van der Waals surface area contributed by atoms with Gasteiger partial charge in [-0.1, -0.05) is 0 Å². The monoisotopic (exact) mass is 280 g/mol. The summed E-state index contributed by atoms with van der Waals surface area (Å²) in [5, 5.41) is 29.3. The SMILES string of the molecule is CCOC1OC(CO[Si](C)(C)C)C(O)C(O)C1O. The zero-order valence-electron chi connectivity index (χ0n) is 11.4. The molecule has 0 aliphatic carbocycles. The van der Waals surface area contributed by atoms with E-state index in [1.165, 1.54) is 0 Å². The molecule has 3 N–H and O–H groups in total. The van der Waals surface area contributed by atoms with Gasteiger partial charge < -0.3 is 29.2 Å². The minimum absolute atomic E-state index is 0.185. The normalized spacial score (nSPS) is 37.8. The molecule has 0 radical (unpaired) electrons. The predicted octanol–water partition coefficient (Wildman–Crippen LogP) is -0.318. The molecule has 1 fully saturated rings. The van der Waals surface area contributed by atoms with Gasteiger partial charge in [-0.2, -0.15) is 0 Å². The summed E-state index contributed by atoms with van der Waals surface area (Å²) in [7, 11) is -1.73. The van der Waals surface area contributed by atoms with E-state index in [0.717, 1.165) is 0 Å². The number of hydrogen-bond acceptors (Lipinski definition) is 6. The third kappa shape index (κ3) is 4.27. The maximum absolute atomic E-state index is 9.84. The number of rotatable bonds is 5. The van der Waals surface area contributed by atoms with Crippen LogP contribution < -0.4 is 0 Å². The lowest BCUT2D eigenvalue weighted by molar-refractivity contribution is -0.299. The number of hydrogen-bond donors (Lipinski definition) is 3. The van der Waals surface area contributed by atoms with Crippen LogP contribution in [0.3, 0.4) is 0 Å². The molecule has 18 heavy (non-hydrogen) atoms. The van der Waals surface area contributed by atoms with Crippen LogP contribution in [0.4, 0.5) is 0 Å². The summed E-state index contributed by atoms with van der Waals surface area (Å²) in [5.41, 5.74) is 0. The molecule has 1 aliphatic rings. The molecular formula is C11H24O6Si. The van der Waals surface area contributed by atoms with E-state index in [1.807, 2.05) is 19.6 Å². The summed E-state index contributed by atoms with van der Waals surface area (Å²) in [6.07, 6.45) is -5.32. The quantitative estimate of drug-likeness (QED) is 0.598. The van der Waals surface area contributed by atoms with Gasteiger partial charge in [0, 0.05) is 6.61 Å². The fourth-order valence-corrected chi connectivity index (χ4v) is 2.35. The first-order valence-electron chi connectivity index (χ1n) is 6.21. The molecule has 1 aliphatic heterocycles. The average Bonchev–Trinajstić information content (AvgIpc) is 2.27. The van der Waals surface area contributed by atoms with Crippen molar-refractivity contribution in [3.8, 4) is 0 Å². The van der Waals surface area contributed by atoms with Gasteiger partial charge in [0.1, 0.15) is 24.4 Å². The molecule has 1 heterocycles. The molecule has 0 bridgehead atoms. The van der Waals surface area contributed by atoms with Crippen LogP contribution in [0, 0.1) is 0 Å². The maximum Gasteiger partial charge on any atom is 0.186 e. The van der Waals surface area contributed by atoms with Gasteiger partial charge in [0.15, 0.2) is 14.6 Å². The van der Waals surface area contributed by atoms with Crippen molar-refractivity contribution in [3.63, 3.8) is 0 Å². The maximum atomic E-state index is 9.84. The Morgan fingerprint density at radius 2 is 1.67 bits per heavy atom. The van der Waals surface area contributed by atoms with Gasteiger partial charge in [0.2, 0.25) is 0 Å². The van der Waals surface area contributed by atoms with Crippen LogP contribution in [-0.2, 0) is 13.9 Å². The average molecular weight is 280 g/mol. The summed E-state index contributed by atoms with van der Waals surface area (Å²) < 4.78 is 16.3. The first kappa shape index (κ1) is 16.0. The minimum atomic E-state index is -1.73. The zero-order chi connectivity index (χ0) is 13.9. The summed E-state index contributed by atoms with van der Waals surface area (Å²) in [6, 6.07) is 0. The molecule has 1 rings (SSSR count). The Morgan fingerprint density at radius 1 is 1.06 bits per heavy atom. The Labute approximate surface area is 109 Å². The van der Waals surface area contributed by atoms with E-state index in [9.17, 15) is 15.3 Å². The molecule has 0 aromatic carbocycles. The molecule has 0 saturated carbocycles. The second-order valence-electron chi connectivity index (χ2n) is 5.39. The fourth-order valence-electron chi connectivity index (χ4n) is 1.69. The van der Waals surface area contributed by atoms with Crippen molar-refractivity contribution in [1.29, 1.82) is 0 Å². The lowest BCUT2D eigenvalue weighted by atomic mass is 9.99. The zero-order valence-corrected chi connectivity index (χ0v) is 12.4. The van der Waals surface area contributed by atoms with Crippen LogP contribution in [0.25, 0.3) is 0 Å². The largest absolute Gasteiger partial charge is 0.415 e. The first-order valence-corrected chi connectivity index (χ1v) is 9.62. The molecule has 108 valence electrons. The number of aliphatic hydroxyl groups is 3. The minimum Gasteiger partial charge on any atom is -0.415 e. The Kier molecular flexibility index (Phi) is 5.72. The molecule has 1 saturated heterocycles. The highest BCUT2D eigenvalue weighted by Gasteiger charge is 2.44. The Bertz CT molecular complexity index is 256. The van der Waals surface area contributed by atoms with Crippen LogP contribution in [0.1, 0.15) is 6.92 Å².